The average molecular weight is 535 g/mol. The van der Waals surface area contributed by atoms with Crippen LogP contribution in [0.15, 0.2) is 88.6 Å². The quantitative estimate of drug-likeness (QED) is 0.320. The average Bonchev–Trinajstić information content (AvgIpc) is 2.87. The number of hydrogen-bond acceptors (Lipinski definition) is 4. The number of rotatable bonds is 9. The molecule has 0 fully saturated rings. The van der Waals surface area contributed by atoms with Crippen LogP contribution in [0.1, 0.15) is 36.6 Å². The summed E-state index contributed by atoms with van der Waals surface area (Å²) >= 11 is 6.47. The Morgan fingerprint density at radius 1 is 0.974 bits per heavy atom. The minimum Gasteiger partial charge on any atom is -0.324 e. The van der Waals surface area contributed by atoms with Gasteiger partial charge in [0.25, 0.3) is 5.56 Å². The van der Waals surface area contributed by atoms with Crippen molar-refractivity contribution in [3.63, 3.8) is 0 Å². The molecule has 1 aromatic heterocycles. The third-order valence-corrected chi connectivity index (χ3v) is 6.78. The van der Waals surface area contributed by atoms with E-state index in [0.717, 1.165) is 5.56 Å². The first-order valence-corrected chi connectivity index (χ1v) is 12.8. The van der Waals surface area contributed by atoms with Gasteiger partial charge in [-0.25, -0.2) is 9.18 Å². The second-order valence-corrected chi connectivity index (χ2v) is 10.6. The van der Waals surface area contributed by atoms with Crippen LogP contribution in [0.25, 0.3) is 11.1 Å². The minimum atomic E-state index is -0.539. The summed E-state index contributed by atoms with van der Waals surface area (Å²) in [5, 5.41) is 3.80. The largest absolute Gasteiger partial charge is 0.331 e. The van der Waals surface area contributed by atoms with Crippen LogP contribution < -0.4 is 22.3 Å². The molecule has 3 aromatic carbocycles. The third kappa shape index (κ3) is 6.30. The highest BCUT2D eigenvalue weighted by molar-refractivity contribution is 6.33. The van der Waals surface area contributed by atoms with Gasteiger partial charge in [0.2, 0.25) is 0 Å². The molecule has 0 saturated heterocycles. The maximum atomic E-state index is 14.8. The van der Waals surface area contributed by atoms with E-state index < -0.39 is 22.6 Å². The molecule has 4 rings (SSSR count). The molecular weight excluding hydrogens is 503 g/mol. The molecule has 0 saturated carbocycles. The topological polar surface area (TPSA) is 82.1 Å². The number of nitrogens with two attached hydrogens (primary N) is 1. The molecule has 38 heavy (non-hydrogen) atoms. The molecule has 0 unspecified atom stereocenters. The minimum absolute atomic E-state index is 0.0334. The molecule has 6 nitrogen and oxygen atoms in total. The lowest BCUT2D eigenvalue weighted by Gasteiger charge is -2.26. The highest BCUT2D eigenvalue weighted by Crippen LogP contribution is 2.25. The van der Waals surface area contributed by atoms with Crippen LogP contribution in [0.3, 0.4) is 0 Å². The Hall–Kier alpha value is -3.52. The summed E-state index contributed by atoms with van der Waals surface area (Å²) in [5.74, 6) is -0.414. The SMILES string of the molecule is Cc1cccc(F)c1Cn1cc(-c2ccccc2Cl)c(=O)n(C[C@H](NCC(C)(C)N)c2ccccc2)c1=O. The van der Waals surface area contributed by atoms with Gasteiger partial charge in [0.1, 0.15) is 5.82 Å². The van der Waals surface area contributed by atoms with E-state index in [1.54, 1.807) is 43.3 Å². The van der Waals surface area contributed by atoms with Crippen LogP contribution in [-0.4, -0.2) is 21.2 Å². The van der Waals surface area contributed by atoms with Crippen LogP contribution in [0.2, 0.25) is 5.02 Å². The Morgan fingerprint density at radius 2 is 1.66 bits per heavy atom. The van der Waals surface area contributed by atoms with Gasteiger partial charge in [0.15, 0.2) is 0 Å². The van der Waals surface area contributed by atoms with E-state index >= 15 is 0 Å². The van der Waals surface area contributed by atoms with Crippen molar-refractivity contribution in [3.05, 3.63) is 127 Å². The molecule has 3 N–H and O–H groups in total. The normalized spacial score (nSPS) is 12.5. The van der Waals surface area contributed by atoms with Gasteiger partial charge < -0.3 is 11.1 Å². The predicted octanol–water partition coefficient (Wildman–Crippen LogP) is 4.89. The van der Waals surface area contributed by atoms with Crippen molar-refractivity contribution in [2.75, 3.05) is 6.54 Å². The Morgan fingerprint density at radius 3 is 2.32 bits per heavy atom. The number of aryl methyl sites for hydroxylation is 1. The monoisotopic (exact) mass is 534 g/mol. The van der Waals surface area contributed by atoms with E-state index in [1.807, 2.05) is 44.2 Å². The number of halogens is 2. The van der Waals surface area contributed by atoms with Gasteiger partial charge in [-0.3, -0.25) is 13.9 Å². The molecule has 0 amide bonds. The third-order valence-electron chi connectivity index (χ3n) is 6.45. The van der Waals surface area contributed by atoms with Gasteiger partial charge in [-0.1, -0.05) is 72.3 Å². The van der Waals surface area contributed by atoms with Crippen LogP contribution in [0, 0.1) is 12.7 Å². The maximum Gasteiger partial charge on any atom is 0.331 e. The van der Waals surface area contributed by atoms with Crippen molar-refractivity contribution in [1.82, 2.24) is 14.5 Å². The van der Waals surface area contributed by atoms with E-state index in [0.29, 0.717) is 28.3 Å². The zero-order valence-electron chi connectivity index (χ0n) is 21.7. The number of aromatic nitrogens is 2. The number of benzene rings is 3. The Kier molecular flexibility index (Phi) is 8.31. The fraction of sp³-hybridized carbons (Fsp3) is 0.267. The standard InChI is InChI=1S/C30H32ClFN4O2/c1-20-10-9-15-26(32)23(20)16-35-17-24(22-13-7-8-14-25(22)31)28(37)36(29(35)38)18-27(34-19-30(2,3)33)21-11-5-4-6-12-21/h4-15,17,27,34H,16,18-19,33H2,1-3H3/t27-/m0/s1. The molecule has 8 heteroatoms. The first-order chi connectivity index (χ1) is 18.0. The smallest absolute Gasteiger partial charge is 0.324 e. The van der Waals surface area contributed by atoms with Gasteiger partial charge in [0, 0.05) is 34.4 Å². The molecule has 4 aromatic rings. The summed E-state index contributed by atoms with van der Waals surface area (Å²) < 4.78 is 17.3. The summed E-state index contributed by atoms with van der Waals surface area (Å²) in [6.45, 7) is 6.05. The summed E-state index contributed by atoms with van der Waals surface area (Å²) in [6.07, 6.45) is 1.47. The predicted molar refractivity (Wildman–Crippen MR) is 151 cm³/mol. The molecule has 0 aliphatic rings. The number of nitrogens with one attached hydrogen (secondary N) is 1. The molecule has 0 radical (unpaired) electrons. The molecule has 198 valence electrons. The van der Waals surface area contributed by atoms with Crippen molar-refractivity contribution in [2.45, 2.75) is 45.4 Å². The molecule has 0 aliphatic heterocycles. The van der Waals surface area contributed by atoms with Crippen molar-refractivity contribution in [2.24, 2.45) is 5.73 Å². The summed E-state index contributed by atoms with van der Waals surface area (Å²) in [6, 6.07) is 21.0. The van der Waals surface area contributed by atoms with Crippen molar-refractivity contribution < 1.29 is 4.39 Å². The van der Waals surface area contributed by atoms with Crippen molar-refractivity contribution >= 4 is 11.6 Å². The van der Waals surface area contributed by atoms with E-state index in [9.17, 15) is 14.0 Å². The molecule has 0 spiro atoms. The van der Waals surface area contributed by atoms with Gasteiger partial charge in [-0.15, -0.1) is 0 Å². The lowest BCUT2D eigenvalue weighted by Crippen LogP contribution is -2.47. The number of hydrogen-bond donors (Lipinski definition) is 2. The summed E-state index contributed by atoms with van der Waals surface area (Å²) in [5.41, 5.74) is 7.45. The summed E-state index contributed by atoms with van der Waals surface area (Å²) in [7, 11) is 0. The fourth-order valence-electron chi connectivity index (χ4n) is 4.37. The Labute approximate surface area is 226 Å². The highest BCUT2D eigenvalue weighted by Gasteiger charge is 2.22. The van der Waals surface area contributed by atoms with Crippen molar-refractivity contribution in [3.8, 4) is 11.1 Å². The zero-order chi connectivity index (χ0) is 27.4. The molecule has 0 aliphatic carbocycles. The van der Waals surface area contributed by atoms with Crippen LogP contribution in [-0.2, 0) is 13.1 Å². The second-order valence-electron chi connectivity index (χ2n) is 10.2. The first-order valence-electron chi connectivity index (χ1n) is 12.5. The maximum absolute atomic E-state index is 14.8. The fourth-order valence-corrected chi connectivity index (χ4v) is 4.61. The lowest BCUT2D eigenvalue weighted by atomic mass is 10.0. The van der Waals surface area contributed by atoms with E-state index in [4.69, 9.17) is 17.3 Å². The second kappa shape index (κ2) is 11.5. The molecule has 1 atom stereocenters. The van der Waals surface area contributed by atoms with Gasteiger partial charge in [0.05, 0.1) is 24.7 Å². The lowest BCUT2D eigenvalue weighted by molar-refractivity contribution is 0.382. The van der Waals surface area contributed by atoms with Gasteiger partial charge in [-0.05, 0) is 44.0 Å². The van der Waals surface area contributed by atoms with Gasteiger partial charge >= 0.3 is 5.69 Å². The molecular formula is C30H32ClFN4O2. The van der Waals surface area contributed by atoms with Crippen LogP contribution in [0.4, 0.5) is 4.39 Å². The molecule has 0 bridgehead atoms. The van der Waals surface area contributed by atoms with Crippen LogP contribution >= 0.6 is 11.6 Å². The Bertz CT molecular complexity index is 1520. The zero-order valence-corrected chi connectivity index (χ0v) is 22.5. The molecule has 1 heterocycles. The highest BCUT2D eigenvalue weighted by atomic mass is 35.5. The summed E-state index contributed by atoms with van der Waals surface area (Å²) in [4.78, 5) is 27.6. The van der Waals surface area contributed by atoms with Crippen LogP contribution in [0.5, 0.6) is 0 Å². The number of nitrogens with zero attached hydrogens (tertiary/aromatic N) is 2. The van der Waals surface area contributed by atoms with E-state index in [2.05, 4.69) is 5.32 Å². The Balaban J connectivity index is 1.88. The van der Waals surface area contributed by atoms with E-state index in [-0.39, 0.29) is 24.7 Å². The van der Waals surface area contributed by atoms with Gasteiger partial charge in [-0.2, -0.15) is 0 Å². The van der Waals surface area contributed by atoms with Crippen molar-refractivity contribution in [1.29, 1.82) is 0 Å². The first kappa shape index (κ1) is 27.5. The van der Waals surface area contributed by atoms with E-state index in [1.165, 1.54) is 21.4 Å².